The highest BCUT2D eigenvalue weighted by atomic mass is 79.9. The average Bonchev–Trinajstić information content (AvgIpc) is 2.23. The number of nitrogens with one attached hydrogen (secondary N) is 1. The van der Waals surface area contributed by atoms with Gasteiger partial charge >= 0.3 is 0 Å². The minimum absolute atomic E-state index is 0.118. The van der Waals surface area contributed by atoms with Crippen molar-refractivity contribution in [3.63, 3.8) is 0 Å². The Labute approximate surface area is 107 Å². The van der Waals surface area contributed by atoms with Crippen molar-refractivity contribution in [3.05, 3.63) is 22.6 Å². The first-order chi connectivity index (χ1) is 7.93. The molecule has 1 N–H and O–H groups in total. The zero-order valence-electron chi connectivity index (χ0n) is 9.63. The van der Waals surface area contributed by atoms with Crippen LogP contribution in [0.3, 0.4) is 0 Å². The summed E-state index contributed by atoms with van der Waals surface area (Å²) in [5, 5.41) is 2.76. The van der Waals surface area contributed by atoms with Crippen LogP contribution in [0.2, 0.25) is 0 Å². The van der Waals surface area contributed by atoms with E-state index in [1.807, 2.05) is 0 Å². The summed E-state index contributed by atoms with van der Waals surface area (Å²) in [6.45, 7) is 4.55. The van der Waals surface area contributed by atoms with Gasteiger partial charge in [0.25, 0.3) is 0 Å². The van der Waals surface area contributed by atoms with Gasteiger partial charge in [0.05, 0.1) is 0 Å². The Kier molecular flexibility index (Phi) is 3.07. The summed E-state index contributed by atoms with van der Waals surface area (Å²) in [7, 11) is 0. The van der Waals surface area contributed by atoms with E-state index in [2.05, 4.69) is 26.2 Å². The summed E-state index contributed by atoms with van der Waals surface area (Å²) in [5.74, 6) is -0.330. The first kappa shape index (κ1) is 12.3. The summed E-state index contributed by atoms with van der Waals surface area (Å²) in [5.41, 5.74) is -0.792. The molecule has 0 radical (unpaired) electrons. The molecule has 1 aromatic heterocycles. The number of aromatic nitrogens is 1. The number of pyridine rings is 1. The highest BCUT2D eigenvalue weighted by Gasteiger charge is 2.39. The number of rotatable bonds is 1. The lowest BCUT2D eigenvalue weighted by atomic mass is 9.99. The van der Waals surface area contributed by atoms with E-state index >= 15 is 0 Å². The van der Waals surface area contributed by atoms with E-state index in [1.165, 1.54) is 12.3 Å². The number of carbonyl (C=O) groups excluding carboxylic acids is 1. The van der Waals surface area contributed by atoms with Gasteiger partial charge in [0.2, 0.25) is 5.91 Å². The van der Waals surface area contributed by atoms with Crippen LogP contribution in [0.5, 0.6) is 0 Å². The van der Waals surface area contributed by atoms with E-state index < -0.39 is 11.4 Å². The standard InChI is InChI=1S/C11H13BrFN3O/c1-11(2)10(17)14-3-4-16(11)9-8(13)5-7(12)6-15-9/h5-6H,3-4H2,1-2H3,(H,14,17). The maximum absolute atomic E-state index is 13.8. The molecule has 0 aliphatic carbocycles. The Bertz CT molecular complexity index is 464. The molecule has 4 nitrogen and oxygen atoms in total. The van der Waals surface area contributed by atoms with Crippen molar-refractivity contribution < 1.29 is 9.18 Å². The zero-order chi connectivity index (χ0) is 12.6. The fourth-order valence-electron chi connectivity index (χ4n) is 1.88. The van der Waals surface area contributed by atoms with Crippen LogP contribution in [-0.2, 0) is 4.79 Å². The van der Waals surface area contributed by atoms with Crippen LogP contribution >= 0.6 is 15.9 Å². The molecule has 0 spiro atoms. The Morgan fingerprint density at radius 3 is 2.94 bits per heavy atom. The van der Waals surface area contributed by atoms with E-state index in [9.17, 15) is 9.18 Å². The zero-order valence-corrected chi connectivity index (χ0v) is 11.2. The number of piperazine rings is 1. The van der Waals surface area contributed by atoms with Crippen molar-refractivity contribution in [2.24, 2.45) is 0 Å². The summed E-state index contributed by atoms with van der Waals surface area (Å²) >= 11 is 3.16. The van der Waals surface area contributed by atoms with Crippen LogP contribution in [0.1, 0.15) is 13.8 Å². The van der Waals surface area contributed by atoms with Crippen molar-refractivity contribution in [2.75, 3.05) is 18.0 Å². The molecular weight excluding hydrogens is 289 g/mol. The van der Waals surface area contributed by atoms with E-state index in [0.29, 0.717) is 17.6 Å². The summed E-state index contributed by atoms with van der Waals surface area (Å²) in [4.78, 5) is 17.5. The lowest BCUT2D eigenvalue weighted by Crippen LogP contribution is -2.62. The Hall–Kier alpha value is -1.17. The predicted molar refractivity (Wildman–Crippen MR) is 66.3 cm³/mol. The topological polar surface area (TPSA) is 45.2 Å². The molecule has 1 aromatic rings. The Morgan fingerprint density at radius 1 is 1.59 bits per heavy atom. The molecule has 0 aromatic carbocycles. The monoisotopic (exact) mass is 301 g/mol. The Balaban J connectivity index is 2.41. The van der Waals surface area contributed by atoms with Crippen LogP contribution in [0.4, 0.5) is 10.2 Å². The molecule has 2 rings (SSSR count). The molecule has 2 heterocycles. The molecule has 6 heteroatoms. The van der Waals surface area contributed by atoms with E-state index in [1.54, 1.807) is 18.7 Å². The van der Waals surface area contributed by atoms with Crippen molar-refractivity contribution in [1.82, 2.24) is 10.3 Å². The number of carbonyl (C=O) groups is 1. The molecule has 92 valence electrons. The smallest absolute Gasteiger partial charge is 0.245 e. The third-order valence-electron chi connectivity index (χ3n) is 2.90. The highest BCUT2D eigenvalue weighted by Crippen LogP contribution is 2.27. The number of amides is 1. The van der Waals surface area contributed by atoms with Gasteiger partial charge in [-0.2, -0.15) is 0 Å². The molecule has 0 bridgehead atoms. The lowest BCUT2D eigenvalue weighted by molar-refractivity contribution is -0.126. The third kappa shape index (κ3) is 2.13. The van der Waals surface area contributed by atoms with Crippen molar-refractivity contribution in [3.8, 4) is 0 Å². The maximum Gasteiger partial charge on any atom is 0.245 e. The van der Waals surface area contributed by atoms with Gasteiger partial charge in [-0.15, -0.1) is 0 Å². The van der Waals surface area contributed by atoms with Crippen molar-refractivity contribution in [1.29, 1.82) is 0 Å². The second-order valence-corrected chi connectivity index (χ2v) is 5.34. The largest absolute Gasteiger partial charge is 0.352 e. The minimum atomic E-state index is -0.792. The van der Waals surface area contributed by atoms with Crippen LogP contribution in [0.25, 0.3) is 0 Å². The molecule has 1 fully saturated rings. The number of anilines is 1. The molecule has 1 saturated heterocycles. The van der Waals surface area contributed by atoms with E-state index in [4.69, 9.17) is 0 Å². The van der Waals surface area contributed by atoms with Gasteiger partial charge in [-0.1, -0.05) is 0 Å². The molecule has 1 aliphatic rings. The fraction of sp³-hybridized carbons (Fsp3) is 0.455. The quantitative estimate of drug-likeness (QED) is 0.859. The molecule has 1 aliphatic heterocycles. The first-order valence-corrected chi connectivity index (χ1v) is 6.09. The highest BCUT2D eigenvalue weighted by molar-refractivity contribution is 9.10. The van der Waals surface area contributed by atoms with Gasteiger partial charge in [0.15, 0.2) is 11.6 Å². The SMILES string of the molecule is CC1(C)C(=O)NCCN1c1ncc(Br)cc1F. The first-order valence-electron chi connectivity index (χ1n) is 5.30. The fourth-order valence-corrected chi connectivity index (χ4v) is 2.18. The predicted octanol–water partition coefficient (Wildman–Crippen LogP) is 1.70. The molecule has 0 saturated carbocycles. The average molecular weight is 302 g/mol. The molecule has 17 heavy (non-hydrogen) atoms. The van der Waals surface area contributed by atoms with Crippen LogP contribution < -0.4 is 10.2 Å². The van der Waals surface area contributed by atoms with Gasteiger partial charge in [0.1, 0.15) is 5.54 Å². The second kappa shape index (κ2) is 4.25. The van der Waals surface area contributed by atoms with Gasteiger partial charge in [-0.25, -0.2) is 9.37 Å². The Morgan fingerprint density at radius 2 is 2.29 bits per heavy atom. The second-order valence-electron chi connectivity index (χ2n) is 4.43. The van der Waals surface area contributed by atoms with Gasteiger partial charge in [0, 0.05) is 23.8 Å². The van der Waals surface area contributed by atoms with Gasteiger partial charge in [-0.05, 0) is 35.8 Å². The number of hydrogen-bond donors (Lipinski definition) is 1. The summed E-state index contributed by atoms with van der Waals surface area (Å²) in [6, 6.07) is 1.35. The van der Waals surface area contributed by atoms with Crippen LogP contribution in [0.15, 0.2) is 16.7 Å². The lowest BCUT2D eigenvalue weighted by Gasteiger charge is -2.42. The number of hydrogen-bond acceptors (Lipinski definition) is 3. The van der Waals surface area contributed by atoms with Crippen molar-refractivity contribution >= 4 is 27.7 Å². The van der Waals surface area contributed by atoms with E-state index in [-0.39, 0.29) is 11.7 Å². The van der Waals surface area contributed by atoms with Crippen LogP contribution in [-0.4, -0.2) is 29.5 Å². The van der Waals surface area contributed by atoms with E-state index in [0.717, 1.165) is 0 Å². The minimum Gasteiger partial charge on any atom is -0.352 e. The number of halogens is 2. The number of nitrogens with zero attached hydrogens (tertiary/aromatic N) is 2. The molecular formula is C11H13BrFN3O. The van der Waals surface area contributed by atoms with Gasteiger partial charge < -0.3 is 10.2 Å². The third-order valence-corrected chi connectivity index (χ3v) is 3.33. The summed E-state index contributed by atoms with van der Waals surface area (Å²) in [6.07, 6.45) is 1.53. The van der Waals surface area contributed by atoms with Crippen LogP contribution in [0, 0.1) is 5.82 Å². The van der Waals surface area contributed by atoms with Crippen molar-refractivity contribution in [2.45, 2.75) is 19.4 Å². The van der Waals surface area contributed by atoms with Gasteiger partial charge in [-0.3, -0.25) is 4.79 Å². The molecule has 1 amide bonds. The maximum atomic E-state index is 13.8. The normalized spacial score (nSPS) is 19.1. The molecule has 0 atom stereocenters. The summed E-state index contributed by atoms with van der Waals surface area (Å²) < 4.78 is 14.4. The molecule has 0 unspecified atom stereocenters.